The maximum Gasteiger partial charge on any atom is 0.416 e. The summed E-state index contributed by atoms with van der Waals surface area (Å²) in [7, 11) is 0. The van der Waals surface area contributed by atoms with Gasteiger partial charge in [-0.25, -0.2) is 0 Å². The topological polar surface area (TPSA) is 43.8 Å². The third kappa shape index (κ3) is 3.39. The first-order valence-electron chi connectivity index (χ1n) is 6.34. The van der Waals surface area contributed by atoms with Crippen LogP contribution in [-0.4, -0.2) is 9.78 Å². The zero-order chi connectivity index (χ0) is 14.8. The smallest absolute Gasteiger partial charge is 0.324 e. The van der Waals surface area contributed by atoms with E-state index < -0.39 is 11.7 Å². The summed E-state index contributed by atoms with van der Waals surface area (Å²) in [6.45, 7) is 2.41. The lowest BCUT2D eigenvalue weighted by Crippen LogP contribution is -2.08. The van der Waals surface area contributed by atoms with Gasteiger partial charge in [0.1, 0.15) is 0 Å². The Morgan fingerprint density at radius 1 is 1.25 bits per heavy atom. The molecule has 1 aromatic heterocycles. The van der Waals surface area contributed by atoms with E-state index in [0.29, 0.717) is 6.54 Å². The van der Waals surface area contributed by atoms with Crippen LogP contribution in [0.5, 0.6) is 0 Å². The molecule has 0 aliphatic heterocycles. The van der Waals surface area contributed by atoms with Crippen LogP contribution >= 0.6 is 0 Å². The summed E-state index contributed by atoms with van der Waals surface area (Å²) in [6.07, 6.45) is 0.0291. The summed E-state index contributed by atoms with van der Waals surface area (Å²) >= 11 is 0. The van der Waals surface area contributed by atoms with Crippen molar-refractivity contribution in [2.24, 2.45) is 5.73 Å². The van der Waals surface area contributed by atoms with E-state index in [-0.39, 0.29) is 6.04 Å². The highest BCUT2D eigenvalue weighted by Crippen LogP contribution is 2.29. The van der Waals surface area contributed by atoms with Crippen molar-refractivity contribution in [3.63, 3.8) is 0 Å². The molecule has 0 aliphatic carbocycles. The van der Waals surface area contributed by atoms with E-state index in [9.17, 15) is 13.2 Å². The fourth-order valence-electron chi connectivity index (χ4n) is 1.88. The van der Waals surface area contributed by atoms with Crippen LogP contribution in [0.25, 0.3) is 0 Å². The molecule has 0 fully saturated rings. The van der Waals surface area contributed by atoms with Gasteiger partial charge >= 0.3 is 6.18 Å². The zero-order valence-corrected chi connectivity index (χ0v) is 11.1. The van der Waals surface area contributed by atoms with Crippen LogP contribution < -0.4 is 5.73 Å². The third-order valence-corrected chi connectivity index (χ3v) is 3.15. The van der Waals surface area contributed by atoms with Crippen molar-refractivity contribution in [2.45, 2.75) is 32.1 Å². The Bertz CT molecular complexity index is 558. The summed E-state index contributed by atoms with van der Waals surface area (Å²) in [4.78, 5) is 0. The van der Waals surface area contributed by atoms with Gasteiger partial charge in [-0.3, -0.25) is 4.68 Å². The Morgan fingerprint density at radius 3 is 2.45 bits per heavy atom. The summed E-state index contributed by atoms with van der Waals surface area (Å²) in [5.41, 5.74) is 6.94. The SMILES string of the molecule is CCC(N)c1cnn(Cc2ccc(C(F)(F)F)cc2)c1. The van der Waals surface area contributed by atoms with Crippen LogP contribution in [0.3, 0.4) is 0 Å². The fourth-order valence-corrected chi connectivity index (χ4v) is 1.88. The monoisotopic (exact) mass is 283 g/mol. The highest BCUT2D eigenvalue weighted by atomic mass is 19.4. The molecule has 1 unspecified atom stereocenters. The molecule has 2 rings (SSSR count). The first-order chi connectivity index (χ1) is 9.40. The highest BCUT2D eigenvalue weighted by Gasteiger charge is 2.29. The number of nitrogens with zero attached hydrogens (tertiary/aromatic N) is 2. The summed E-state index contributed by atoms with van der Waals surface area (Å²) in [5.74, 6) is 0. The predicted molar refractivity (Wildman–Crippen MR) is 70.0 cm³/mol. The average Bonchev–Trinajstić information content (AvgIpc) is 2.86. The van der Waals surface area contributed by atoms with E-state index in [1.54, 1.807) is 10.9 Å². The molecule has 1 heterocycles. The van der Waals surface area contributed by atoms with Crippen LogP contribution in [0.15, 0.2) is 36.7 Å². The zero-order valence-electron chi connectivity index (χ0n) is 11.1. The normalized spacial score (nSPS) is 13.4. The second-order valence-corrected chi connectivity index (χ2v) is 4.68. The average molecular weight is 283 g/mol. The molecule has 108 valence electrons. The molecule has 1 atom stereocenters. The predicted octanol–water partition coefficient (Wildman–Crippen LogP) is 3.36. The number of aromatic nitrogens is 2. The van der Waals surface area contributed by atoms with E-state index in [4.69, 9.17) is 5.73 Å². The van der Waals surface area contributed by atoms with E-state index in [0.717, 1.165) is 29.7 Å². The summed E-state index contributed by atoms with van der Waals surface area (Å²) in [5, 5.41) is 4.17. The van der Waals surface area contributed by atoms with Crippen molar-refractivity contribution in [3.8, 4) is 0 Å². The number of halogens is 3. The number of hydrogen-bond acceptors (Lipinski definition) is 2. The number of alkyl halides is 3. The van der Waals surface area contributed by atoms with Gasteiger partial charge in [0.05, 0.1) is 18.3 Å². The lowest BCUT2D eigenvalue weighted by atomic mass is 10.1. The van der Waals surface area contributed by atoms with Crippen molar-refractivity contribution in [2.75, 3.05) is 0 Å². The molecule has 20 heavy (non-hydrogen) atoms. The molecule has 0 radical (unpaired) electrons. The molecular weight excluding hydrogens is 267 g/mol. The molecule has 3 nitrogen and oxygen atoms in total. The molecule has 2 N–H and O–H groups in total. The van der Waals surface area contributed by atoms with Crippen LogP contribution in [0.1, 0.15) is 36.1 Å². The van der Waals surface area contributed by atoms with Gasteiger partial charge in [0.25, 0.3) is 0 Å². The van der Waals surface area contributed by atoms with E-state index in [1.807, 2.05) is 13.1 Å². The molecule has 0 aliphatic rings. The molecule has 0 saturated carbocycles. The molecule has 0 spiro atoms. The van der Waals surface area contributed by atoms with Crippen molar-refractivity contribution >= 4 is 0 Å². The maximum absolute atomic E-state index is 12.4. The third-order valence-electron chi connectivity index (χ3n) is 3.15. The van der Waals surface area contributed by atoms with Gasteiger partial charge in [-0.2, -0.15) is 18.3 Å². The fraction of sp³-hybridized carbons (Fsp3) is 0.357. The Balaban J connectivity index is 2.08. The first-order valence-corrected chi connectivity index (χ1v) is 6.34. The minimum Gasteiger partial charge on any atom is -0.324 e. The molecule has 1 aromatic carbocycles. The number of rotatable bonds is 4. The number of benzene rings is 1. The van der Waals surface area contributed by atoms with Crippen molar-refractivity contribution in [1.29, 1.82) is 0 Å². The Labute approximate surface area is 115 Å². The van der Waals surface area contributed by atoms with E-state index >= 15 is 0 Å². The van der Waals surface area contributed by atoms with Crippen molar-refractivity contribution in [3.05, 3.63) is 53.3 Å². The van der Waals surface area contributed by atoms with E-state index in [1.165, 1.54) is 12.1 Å². The minimum absolute atomic E-state index is 0.0589. The van der Waals surface area contributed by atoms with Crippen molar-refractivity contribution < 1.29 is 13.2 Å². The summed E-state index contributed by atoms with van der Waals surface area (Å²) in [6, 6.07) is 5.03. The molecule has 2 aromatic rings. The molecule has 0 bridgehead atoms. The quantitative estimate of drug-likeness (QED) is 0.935. The Morgan fingerprint density at radius 2 is 1.90 bits per heavy atom. The van der Waals surface area contributed by atoms with Crippen molar-refractivity contribution in [1.82, 2.24) is 9.78 Å². The molecule has 0 saturated heterocycles. The van der Waals surface area contributed by atoms with Gasteiger partial charge in [0.15, 0.2) is 0 Å². The second-order valence-electron chi connectivity index (χ2n) is 4.68. The van der Waals surface area contributed by atoms with Gasteiger partial charge in [-0.1, -0.05) is 19.1 Å². The number of nitrogens with two attached hydrogens (primary N) is 1. The Hall–Kier alpha value is -1.82. The van der Waals surface area contributed by atoms with Crippen LogP contribution in [-0.2, 0) is 12.7 Å². The Kier molecular flexibility index (Phi) is 4.13. The summed E-state index contributed by atoms with van der Waals surface area (Å²) < 4.78 is 39.0. The van der Waals surface area contributed by atoms with Crippen LogP contribution in [0, 0.1) is 0 Å². The lowest BCUT2D eigenvalue weighted by Gasteiger charge is -2.08. The van der Waals surface area contributed by atoms with Crippen LogP contribution in [0.2, 0.25) is 0 Å². The molecule has 6 heteroatoms. The van der Waals surface area contributed by atoms with Gasteiger partial charge in [-0.15, -0.1) is 0 Å². The number of hydrogen-bond donors (Lipinski definition) is 1. The van der Waals surface area contributed by atoms with Gasteiger partial charge in [0.2, 0.25) is 0 Å². The second kappa shape index (κ2) is 5.66. The standard InChI is InChI=1S/C14H16F3N3/c1-2-13(18)11-7-19-20(9-11)8-10-3-5-12(6-4-10)14(15,16)17/h3-7,9,13H,2,8,18H2,1H3. The largest absolute Gasteiger partial charge is 0.416 e. The van der Waals surface area contributed by atoms with Gasteiger partial charge in [-0.05, 0) is 24.1 Å². The first kappa shape index (κ1) is 14.6. The molecule has 0 amide bonds. The maximum atomic E-state index is 12.4. The van der Waals surface area contributed by atoms with E-state index in [2.05, 4.69) is 5.10 Å². The lowest BCUT2D eigenvalue weighted by molar-refractivity contribution is -0.137. The van der Waals surface area contributed by atoms with Gasteiger partial charge in [0, 0.05) is 17.8 Å². The van der Waals surface area contributed by atoms with Gasteiger partial charge < -0.3 is 5.73 Å². The highest BCUT2D eigenvalue weighted by molar-refractivity contribution is 5.25. The molecular formula is C14H16F3N3. The van der Waals surface area contributed by atoms with Crippen LogP contribution in [0.4, 0.5) is 13.2 Å². The minimum atomic E-state index is -4.30.